The van der Waals surface area contributed by atoms with Crippen LogP contribution in [0.3, 0.4) is 0 Å². The van der Waals surface area contributed by atoms with Gasteiger partial charge in [-0.15, -0.1) is 0 Å². The summed E-state index contributed by atoms with van der Waals surface area (Å²) in [4.78, 5) is 24.4. The molecule has 5 heteroatoms. The fourth-order valence-electron chi connectivity index (χ4n) is 3.04. The van der Waals surface area contributed by atoms with Crippen molar-refractivity contribution in [3.05, 3.63) is 56.3 Å². The summed E-state index contributed by atoms with van der Waals surface area (Å²) in [5, 5.41) is 2.96. The van der Waals surface area contributed by atoms with Crippen LogP contribution in [-0.4, -0.2) is 31.1 Å². The summed E-state index contributed by atoms with van der Waals surface area (Å²) in [5.74, 6) is 0.888. The van der Waals surface area contributed by atoms with Crippen LogP contribution < -0.4 is 20.9 Å². The van der Waals surface area contributed by atoms with Gasteiger partial charge in [-0.25, -0.2) is 0 Å². The molecule has 1 fully saturated rings. The third-order valence-electron chi connectivity index (χ3n) is 4.40. The van der Waals surface area contributed by atoms with Crippen molar-refractivity contribution in [1.82, 2.24) is 4.90 Å². The second kappa shape index (κ2) is 8.11. The number of hydrogen-bond donors (Lipinski definition) is 1. The van der Waals surface area contributed by atoms with Crippen LogP contribution in [-0.2, 0) is 6.54 Å². The molecule has 1 saturated heterocycles. The van der Waals surface area contributed by atoms with Gasteiger partial charge in [-0.05, 0) is 50.0 Å². The zero-order chi connectivity index (χ0) is 16.8. The molecule has 1 N–H and O–H groups in total. The lowest BCUT2D eigenvalue weighted by Crippen LogP contribution is -2.32. The van der Waals surface area contributed by atoms with Crippen molar-refractivity contribution in [1.29, 1.82) is 0 Å². The Balaban J connectivity index is 1.39. The molecule has 0 spiro atoms. The van der Waals surface area contributed by atoms with E-state index in [-0.39, 0.29) is 0 Å². The molecule has 0 unspecified atom stereocenters. The largest absolute Gasteiger partial charge is 0.494 e. The van der Waals surface area contributed by atoms with Crippen LogP contribution in [0.1, 0.15) is 31.2 Å². The highest BCUT2D eigenvalue weighted by atomic mass is 16.5. The van der Waals surface area contributed by atoms with Crippen LogP contribution in [0, 0.1) is 0 Å². The van der Waals surface area contributed by atoms with E-state index in [1.54, 1.807) is 0 Å². The zero-order valence-corrected chi connectivity index (χ0v) is 13.9. The molecule has 0 aliphatic carbocycles. The summed E-state index contributed by atoms with van der Waals surface area (Å²) in [7, 11) is 0. The summed E-state index contributed by atoms with van der Waals surface area (Å²) in [6, 6.07) is 9.61. The van der Waals surface area contributed by atoms with Gasteiger partial charge in [0, 0.05) is 19.2 Å². The Labute approximate surface area is 141 Å². The molecule has 1 heterocycles. The fraction of sp³-hybridized carbons (Fsp3) is 0.474. The molecule has 128 valence electrons. The Morgan fingerprint density at radius 2 is 1.92 bits per heavy atom. The van der Waals surface area contributed by atoms with Gasteiger partial charge in [0.25, 0.3) is 0 Å². The average molecular weight is 328 g/mol. The maximum atomic E-state index is 11.1. The monoisotopic (exact) mass is 328 g/mol. The lowest BCUT2D eigenvalue weighted by atomic mass is 10.1. The van der Waals surface area contributed by atoms with Crippen molar-refractivity contribution in [2.24, 2.45) is 0 Å². The Morgan fingerprint density at radius 1 is 1.08 bits per heavy atom. The molecule has 0 atom stereocenters. The number of rotatable bonds is 8. The number of piperidine rings is 1. The second-order valence-electron chi connectivity index (χ2n) is 6.36. The first-order chi connectivity index (χ1) is 11.7. The van der Waals surface area contributed by atoms with E-state index in [4.69, 9.17) is 4.74 Å². The highest BCUT2D eigenvalue weighted by Crippen LogP contribution is 2.17. The molecule has 0 bridgehead atoms. The molecule has 24 heavy (non-hydrogen) atoms. The number of nitrogens with zero attached hydrogens (tertiary/aromatic N) is 1. The third kappa shape index (κ3) is 4.45. The maximum Gasteiger partial charge on any atom is 0.248 e. The maximum absolute atomic E-state index is 11.1. The second-order valence-corrected chi connectivity index (χ2v) is 6.36. The van der Waals surface area contributed by atoms with Crippen LogP contribution in [0.2, 0.25) is 0 Å². The number of anilines is 1. The molecule has 0 radical (unpaired) electrons. The van der Waals surface area contributed by atoms with Gasteiger partial charge >= 0.3 is 0 Å². The smallest absolute Gasteiger partial charge is 0.248 e. The van der Waals surface area contributed by atoms with Crippen molar-refractivity contribution in [2.75, 3.05) is 31.6 Å². The molecule has 1 aliphatic rings. The van der Waals surface area contributed by atoms with E-state index in [0.29, 0.717) is 18.8 Å². The van der Waals surface area contributed by atoms with Crippen LogP contribution in [0.4, 0.5) is 5.69 Å². The van der Waals surface area contributed by atoms with Crippen molar-refractivity contribution in [2.45, 2.75) is 32.2 Å². The quantitative estimate of drug-likeness (QED) is 0.594. The predicted molar refractivity (Wildman–Crippen MR) is 95.5 cm³/mol. The Morgan fingerprint density at radius 3 is 2.67 bits per heavy atom. The van der Waals surface area contributed by atoms with E-state index >= 15 is 0 Å². The van der Waals surface area contributed by atoms with Crippen LogP contribution in [0.25, 0.3) is 0 Å². The van der Waals surface area contributed by atoms with Crippen molar-refractivity contribution >= 4 is 5.69 Å². The SMILES string of the molecule is O=c1cc(NCCCOc2cccc(CN3CCCCC3)c2)c1=O. The Kier molecular flexibility index (Phi) is 5.64. The van der Waals surface area contributed by atoms with Gasteiger partial charge in [-0.2, -0.15) is 0 Å². The summed E-state index contributed by atoms with van der Waals surface area (Å²) in [6.45, 7) is 4.57. The number of nitrogens with one attached hydrogen (secondary N) is 1. The molecule has 0 saturated carbocycles. The van der Waals surface area contributed by atoms with Crippen LogP contribution in [0.5, 0.6) is 5.75 Å². The van der Waals surface area contributed by atoms with E-state index < -0.39 is 10.9 Å². The molecule has 1 aliphatic heterocycles. The Hall–Kier alpha value is -2.14. The number of ether oxygens (including phenoxy) is 1. The number of benzene rings is 1. The Bertz CT molecular complexity index is 728. The predicted octanol–water partition coefficient (Wildman–Crippen LogP) is 2.15. The molecule has 5 nitrogen and oxygen atoms in total. The van der Waals surface area contributed by atoms with E-state index in [9.17, 15) is 9.59 Å². The summed E-state index contributed by atoms with van der Waals surface area (Å²) < 4.78 is 5.79. The summed E-state index contributed by atoms with van der Waals surface area (Å²) in [6.07, 6.45) is 4.72. The molecular formula is C19H24N2O3. The van der Waals surface area contributed by atoms with Gasteiger partial charge in [0.1, 0.15) is 5.75 Å². The minimum Gasteiger partial charge on any atom is -0.494 e. The minimum absolute atomic E-state index is 0.415. The highest BCUT2D eigenvalue weighted by Gasteiger charge is 2.11. The molecule has 2 aromatic carbocycles. The molecular weight excluding hydrogens is 304 g/mol. The van der Waals surface area contributed by atoms with E-state index in [1.165, 1.54) is 44.0 Å². The fourth-order valence-corrected chi connectivity index (χ4v) is 3.04. The molecule has 2 aromatic rings. The normalized spacial score (nSPS) is 15.5. The van der Waals surface area contributed by atoms with Gasteiger partial charge in [0.05, 0.1) is 12.3 Å². The third-order valence-corrected chi connectivity index (χ3v) is 4.40. The zero-order valence-electron chi connectivity index (χ0n) is 13.9. The topological polar surface area (TPSA) is 58.6 Å². The van der Waals surface area contributed by atoms with Gasteiger partial charge in [-0.3, -0.25) is 14.5 Å². The van der Waals surface area contributed by atoms with Crippen molar-refractivity contribution < 1.29 is 4.74 Å². The van der Waals surface area contributed by atoms with E-state index in [2.05, 4.69) is 22.3 Å². The van der Waals surface area contributed by atoms with Gasteiger partial charge < -0.3 is 10.1 Å². The first kappa shape index (κ1) is 16.7. The highest BCUT2D eigenvalue weighted by molar-refractivity contribution is 5.46. The lowest BCUT2D eigenvalue weighted by Gasteiger charge is -2.26. The first-order valence-corrected chi connectivity index (χ1v) is 8.71. The average Bonchev–Trinajstić information content (AvgIpc) is 2.61. The summed E-state index contributed by atoms with van der Waals surface area (Å²) >= 11 is 0. The molecule has 3 rings (SSSR count). The van der Waals surface area contributed by atoms with Crippen molar-refractivity contribution in [3.63, 3.8) is 0 Å². The molecule has 0 amide bonds. The lowest BCUT2D eigenvalue weighted by molar-refractivity contribution is 0.220. The van der Waals surface area contributed by atoms with Crippen molar-refractivity contribution in [3.8, 4) is 5.75 Å². The van der Waals surface area contributed by atoms with Crippen LogP contribution >= 0.6 is 0 Å². The molecule has 0 aromatic heterocycles. The standard InChI is InChI=1S/C19H24N2O3/c22-18-13-17(19(18)23)20-8-5-11-24-16-7-4-6-15(12-16)14-21-9-2-1-3-10-21/h4,6-7,12-13,20H,1-3,5,8-11,14H2. The van der Waals surface area contributed by atoms with Crippen LogP contribution in [0.15, 0.2) is 39.9 Å². The van der Waals surface area contributed by atoms with Gasteiger partial charge in [0.15, 0.2) is 0 Å². The summed E-state index contributed by atoms with van der Waals surface area (Å²) in [5.41, 5.74) is 0.875. The van der Waals surface area contributed by atoms with Gasteiger partial charge in [-0.1, -0.05) is 18.6 Å². The minimum atomic E-state index is -0.417. The van der Waals surface area contributed by atoms with E-state index in [1.807, 2.05) is 12.1 Å². The first-order valence-electron chi connectivity index (χ1n) is 8.71. The van der Waals surface area contributed by atoms with Gasteiger partial charge in [0.2, 0.25) is 10.9 Å². The number of likely N-dealkylation sites (tertiary alicyclic amines) is 1. The number of hydrogen-bond acceptors (Lipinski definition) is 5. The van der Waals surface area contributed by atoms with E-state index in [0.717, 1.165) is 18.7 Å².